The van der Waals surface area contributed by atoms with Crippen molar-refractivity contribution in [2.24, 2.45) is 5.92 Å². The Morgan fingerprint density at radius 2 is 1.82 bits per heavy atom. The van der Waals surface area contributed by atoms with Gasteiger partial charge in [0.05, 0.1) is 22.6 Å². The van der Waals surface area contributed by atoms with Crippen LogP contribution in [0.2, 0.25) is 0 Å². The number of aryl methyl sites for hydroxylation is 1. The third-order valence-corrected chi connectivity index (χ3v) is 8.52. The van der Waals surface area contributed by atoms with Gasteiger partial charge in [0.15, 0.2) is 5.78 Å². The maximum Gasteiger partial charge on any atom is 0.166 e. The molecule has 5 atom stereocenters. The monoisotopic (exact) mass is 418 g/mol. The predicted octanol–water partition coefficient (Wildman–Crippen LogP) is 1.97. The van der Waals surface area contributed by atoms with E-state index < -0.39 is 12.1 Å². The summed E-state index contributed by atoms with van der Waals surface area (Å²) in [6.45, 7) is 0. The maximum absolute atomic E-state index is 12.9. The molecule has 1 aromatic rings. The van der Waals surface area contributed by atoms with Gasteiger partial charge in [-0.15, -0.1) is 23.5 Å². The Morgan fingerprint density at radius 1 is 1.07 bits per heavy atom. The fourth-order valence-corrected chi connectivity index (χ4v) is 6.80. The second-order valence-electron chi connectivity index (χ2n) is 7.80. The Hall–Kier alpha value is -1.15. The number of ketones is 2. The highest BCUT2D eigenvalue weighted by atomic mass is 32.2. The molecule has 1 aliphatic carbocycles. The summed E-state index contributed by atoms with van der Waals surface area (Å²) in [5.41, 5.74) is 2.86. The number of thioether (sulfide) groups is 2. The summed E-state index contributed by atoms with van der Waals surface area (Å²) in [5.74, 6) is 1.91. The van der Waals surface area contributed by atoms with Gasteiger partial charge in [0.1, 0.15) is 12.1 Å². The van der Waals surface area contributed by atoms with Gasteiger partial charge in [0, 0.05) is 18.2 Å². The average Bonchev–Trinajstić information content (AvgIpc) is 3.40. The van der Waals surface area contributed by atoms with Gasteiger partial charge in [0.25, 0.3) is 0 Å². The minimum absolute atomic E-state index is 0.0120. The van der Waals surface area contributed by atoms with Crippen LogP contribution in [0.1, 0.15) is 30.4 Å². The van der Waals surface area contributed by atoms with E-state index in [1.54, 1.807) is 0 Å². The first-order valence-electron chi connectivity index (χ1n) is 9.96. The second-order valence-corrected chi connectivity index (χ2v) is 10.1. The van der Waals surface area contributed by atoms with Crippen LogP contribution in [0, 0.1) is 5.92 Å². The van der Waals surface area contributed by atoms with E-state index in [1.807, 2.05) is 0 Å². The Balaban J connectivity index is 1.33. The minimum Gasteiger partial charge on any atom is -0.302 e. The molecular formula is C21H26N2O3S2. The molecule has 28 heavy (non-hydrogen) atoms. The number of fused-ring (bicyclic) bond motifs is 1. The van der Waals surface area contributed by atoms with E-state index >= 15 is 0 Å². The molecule has 5 nitrogen and oxygen atoms in total. The van der Waals surface area contributed by atoms with Crippen LogP contribution in [0.3, 0.4) is 0 Å². The van der Waals surface area contributed by atoms with Crippen molar-refractivity contribution in [3.05, 3.63) is 35.4 Å². The van der Waals surface area contributed by atoms with Gasteiger partial charge in [-0.2, -0.15) is 0 Å². The number of carbonyl (C=O) groups excluding carboxylic acids is 3. The molecule has 2 aliphatic heterocycles. The minimum atomic E-state index is -0.468. The van der Waals surface area contributed by atoms with E-state index in [4.69, 9.17) is 0 Å². The molecule has 0 amide bonds. The molecule has 0 aromatic heterocycles. The van der Waals surface area contributed by atoms with Gasteiger partial charge in [-0.25, -0.2) is 0 Å². The first-order chi connectivity index (χ1) is 13.7. The SMILES string of the molecule is O=C[C@H]1NCSC1C(=O)[C@H]1NCSC1C(=O)CC[C@@H]1CCc2ccccc2C1. The number of nitrogens with one attached hydrogen (secondary N) is 2. The van der Waals surface area contributed by atoms with E-state index in [0.717, 1.165) is 32.0 Å². The molecule has 3 aliphatic rings. The molecule has 2 N–H and O–H groups in total. The molecule has 2 heterocycles. The van der Waals surface area contributed by atoms with Crippen LogP contribution < -0.4 is 10.6 Å². The molecule has 4 rings (SSSR count). The van der Waals surface area contributed by atoms with E-state index in [9.17, 15) is 14.4 Å². The van der Waals surface area contributed by atoms with Gasteiger partial charge in [-0.1, -0.05) is 24.3 Å². The van der Waals surface area contributed by atoms with Crippen LogP contribution in [-0.4, -0.2) is 52.2 Å². The Labute approximate surface area is 174 Å². The summed E-state index contributed by atoms with van der Waals surface area (Å²) < 4.78 is 0. The number of rotatable bonds is 7. The van der Waals surface area contributed by atoms with Crippen LogP contribution >= 0.6 is 23.5 Å². The first-order valence-corrected chi connectivity index (χ1v) is 12.1. The number of hydrogen-bond acceptors (Lipinski definition) is 7. The molecule has 0 bridgehead atoms. The van der Waals surface area contributed by atoms with E-state index in [0.29, 0.717) is 24.1 Å². The summed E-state index contributed by atoms with van der Waals surface area (Å²) in [6.07, 6.45) is 5.50. The fraction of sp³-hybridized carbons (Fsp3) is 0.571. The third-order valence-electron chi connectivity index (χ3n) is 6.08. The van der Waals surface area contributed by atoms with Crippen LogP contribution in [0.15, 0.2) is 24.3 Å². The lowest BCUT2D eigenvalue weighted by Crippen LogP contribution is -2.49. The zero-order chi connectivity index (χ0) is 19.5. The molecule has 7 heteroatoms. The van der Waals surface area contributed by atoms with Crippen LogP contribution in [0.4, 0.5) is 0 Å². The van der Waals surface area contributed by atoms with Crippen molar-refractivity contribution >= 4 is 41.4 Å². The largest absolute Gasteiger partial charge is 0.302 e. The van der Waals surface area contributed by atoms with Gasteiger partial charge in [-0.05, 0) is 42.7 Å². The summed E-state index contributed by atoms with van der Waals surface area (Å²) in [5, 5.41) is 5.52. The smallest absolute Gasteiger partial charge is 0.166 e. The van der Waals surface area contributed by atoms with Crippen molar-refractivity contribution < 1.29 is 14.4 Å². The lowest BCUT2D eigenvalue weighted by Gasteiger charge is -2.25. The fourth-order valence-electron chi connectivity index (χ4n) is 4.47. The summed E-state index contributed by atoms with van der Waals surface area (Å²) in [7, 11) is 0. The van der Waals surface area contributed by atoms with Crippen molar-refractivity contribution in [1.82, 2.24) is 10.6 Å². The molecule has 2 unspecified atom stereocenters. The molecular weight excluding hydrogens is 392 g/mol. The highest BCUT2D eigenvalue weighted by Crippen LogP contribution is 2.32. The molecule has 1 aromatic carbocycles. The Kier molecular flexibility index (Phi) is 6.55. The predicted molar refractivity (Wildman–Crippen MR) is 114 cm³/mol. The first kappa shape index (κ1) is 20.1. The number of hydrogen-bond donors (Lipinski definition) is 2. The van der Waals surface area contributed by atoms with E-state index in [2.05, 4.69) is 34.9 Å². The zero-order valence-electron chi connectivity index (χ0n) is 15.8. The average molecular weight is 419 g/mol. The van der Waals surface area contributed by atoms with Gasteiger partial charge >= 0.3 is 0 Å². The van der Waals surface area contributed by atoms with Crippen molar-refractivity contribution in [1.29, 1.82) is 0 Å². The van der Waals surface area contributed by atoms with Crippen molar-refractivity contribution in [3.63, 3.8) is 0 Å². The highest BCUT2D eigenvalue weighted by molar-refractivity contribution is 8.01. The Bertz CT molecular complexity index is 757. The van der Waals surface area contributed by atoms with Gasteiger partial charge in [-0.3, -0.25) is 20.2 Å². The maximum atomic E-state index is 12.9. The number of Topliss-reactive ketones (excluding diaryl/α,β-unsaturated/α-hetero) is 2. The number of benzene rings is 1. The molecule has 150 valence electrons. The molecule has 0 spiro atoms. The number of aldehydes is 1. The van der Waals surface area contributed by atoms with Gasteiger partial charge in [0.2, 0.25) is 0 Å². The van der Waals surface area contributed by atoms with Crippen molar-refractivity contribution in [2.45, 2.75) is 54.7 Å². The van der Waals surface area contributed by atoms with Crippen LogP contribution in [0.5, 0.6) is 0 Å². The lowest BCUT2D eigenvalue weighted by atomic mass is 9.81. The lowest BCUT2D eigenvalue weighted by molar-refractivity contribution is -0.125. The van der Waals surface area contributed by atoms with Gasteiger partial charge < -0.3 is 4.79 Å². The Morgan fingerprint density at radius 3 is 2.64 bits per heavy atom. The molecule has 0 saturated carbocycles. The third kappa shape index (κ3) is 4.22. The highest BCUT2D eigenvalue weighted by Gasteiger charge is 2.44. The summed E-state index contributed by atoms with van der Waals surface area (Å²) >= 11 is 2.99. The molecule has 0 radical (unpaired) electrons. The van der Waals surface area contributed by atoms with Crippen LogP contribution in [0.25, 0.3) is 0 Å². The van der Waals surface area contributed by atoms with Crippen molar-refractivity contribution in [3.8, 4) is 0 Å². The van der Waals surface area contributed by atoms with E-state index in [1.165, 1.54) is 34.7 Å². The van der Waals surface area contributed by atoms with Crippen LogP contribution in [-0.2, 0) is 27.2 Å². The topological polar surface area (TPSA) is 75.3 Å². The summed E-state index contributed by atoms with van der Waals surface area (Å²) in [6, 6.07) is 7.68. The quantitative estimate of drug-likeness (QED) is 0.656. The zero-order valence-corrected chi connectivity index (χ0v) is 17.4. The van der Waals surface area contributed by atoms with Crippen molar-refractivity contribution in [2.75, 3.05) is 11.8 Å². The second kappa shape index (κ2) is 9.11. The normalized spacial score (nSPS) is 32.1. The number of carbonyl (C=O) groups is 3. The van der Waals surface area contributed by atoms with E-state index in [-0.39, 0.29) is 22.1 Å². The molecule has 2 saturated heterocycles. The standard InChI is InChI=1S/C21H26N2O3S2/c24-10-16-20(27-11-22-16)19(26)18-21(28-12-23-18)17(25)8-6-13-5-7-14-3-1-2-4-15(14)9-13/h1-4,10,13,16,18,20-23H,5-9,11-12H2/t13-,16+,18+,20?,21?/m0/s1. The molecule has 2 fully saturated rings. The summed E-state index contributed by atoms with van der Waals surface area (Å²) in [4.78, 5) is 37.0.